The van der Waals surface area contributed by atoms with Gasteiger partial charge in [0, 0.05) is 22.7 Å². The van der Waals surface area contributed by atoms with Crippen molar-refractivity contribution in [3.05, 3.63) is 28.2 Å². The van der Waals surface area contributed by atoms with Gasteiger partial charge in [-0.3, -0.25) is 0 Å². The highest BCUT2D eigenvalue weighted by atomic mass is 79.9. The van der Waals surface area contributed by atoms with Gasteiger partial charge in [0.15, 0.2) is 9.84 Å². The number of hydrogen-bond donors (Lipinski definition) is 1. The van der Waals surface area contributed by atoms with E-state index in [2.05, 4.69) is 26.9 Å². The van der Waals surface area contributed by atoms with Crippen LogP contribution in [0, 0.1) is 0 Å². The third kappa shape index (κ3) is 3.49. The van der Waals surface area contributed by atoms with Gasteiger partial charge in [0.05, 0.1) is 11.5 Å². The van der Waals surface area contributed by atoms with E-state index in [9.17, 15) is 8.42 Å². The molecule has 4 nitrogen and oxygen atoms in total. The van der Waals surface area contributed by atoms with Gasteiger partial charge in [-0.2, -0.15) is 0 Å². The van der Waals surface area contributed by atoms with Crippen LogP contribution < -0.4 is 10.6 Å². The third-order valence-corrected chi connectivity index (χ3v) is 5.72. The molecule has 1 heterocycles. The molecule has 1 saturated heterocycles. The number of anilines is 1. The molecule has 1 aromatic carbocycles. The van der Waals surface area contributed by atoms with Crippen molar-refractivity contribution in [3.8, 4) is 0 Å². The van der Waals surface area contributed by atoms with Crippen LogP contribution >= 0.6 is 15.9 Å². The monoisotopic (exact) mass is 346 g/mol. The summed E-state index contributed by atoms with van der Waals surface area (Å²) in [4.78, 5) is 2.18. The molecular weight excluding hydrogens is 328 g/mol. The van der Waals surface area contributed by atoms with E-state index in [0.717, 1.165) is 16.6 Å². The summed E-state index contributed by atoms with van der Waals surface area (Å²) in [6, 6.07) is 6.11. The molecule has 0 bridgehead atoms. The Morgan fingerprint density at radius 3 is 2.84 bits per heavy atom. The van der Waals surface area contributed by atoms with Crippen LogP contribution in [0.4, 0.5) is 5.69 Å². The Morgan fingerprint density at radius 1 is 1.47 bits per heavy atom. The number of nitrogens with zero attached hydrogens (tertiary/aromatic N) is 1. The van der Waals surface area contributed by atoms with Gasteiger partial charge in [-0.25, -0.2) is 8.42 Å². The average molecular weight is 347 g/mol. The second kappa shape index (κ2) is 5.81. The highest BCUT2D eigenvalue weighted by molar-refractivity contribution is 9.10. The third-order valence-electron chi connectivity index (χ3n) is 3.44. The molecule has 0 spiro atoms. The fourth-order valence-electron chi connectivity index (χ4n) is 2.55. The summed E-state index contributed by atoms with van der Waals surface area (Å²) < 4.78 is 24.3. The zero-order valence-electron chi connectivity index (χ0n) is 11.0. The Bertz CT molecular complexity index is 560. The Hall–Kier alpha value is -0.590. The lowest BCUT2D eigenvalue weighted by Crippen LogP contribution is -2.47. The van der Waals surface area contributed by atoms with Crippen LogP contribution in [0.25, 0.3) is 0 Å². The van der Waals surface area contributed by atoms with E-state index in [1.54, 1.807) is 0 Å². The zero-order valence-corrected chi connectivity index (χ0v) is 13.4. The number of sulfone groups is 1. The fraction of sp³-hybridized carbons (Fsp3) is 0.538. The summed E-state index contributed by atoms with van der Waals surface area (Å²) in [7, 11) is -2.88. The largest absolute Gasteiger partial charge is 0.367 e. The van der Waals surface area contributed by atoms with Gasteiger partial charge in [0.25, 0.3) is 0 Å². The molecule has 0 aliphatic carbocycles. The van der Waals surface area contributed by atoms with Crippen molar-refractivity contribution in [1.82, 2.24) is 0 Å². The first-order valence-electron chi connectivity index (χ1n) is 6.38. The second-order valence-electron chi connectivity index (χ2n) is 4.97. The predicted octanol–water partition coefficient (Wildman–Crippen LogP) is 1.57. The molecule has 1 unspecified atom stereocenters. The zero-order chi connectivity index (χ0) is 14.0. The lowest BCUT2D eigenvalue weighted by Gasteiger charge is -2.36. The van der Waals surface area contributed by atoms with E-state index in [1.165, 1.54) is 5.56 Å². The number of rotatable bonds is 3. The number of halogens is 1. The smallest absolute Gasteiger partial charge is 0.154 e. The van der Waals surface area contributed by atoms with Gasteiger partial charge in [0.1, 0.15) is 0 Å². The van der Waals surface area contributed by atoms with Gasteiger partial charge in [-0.15, -0.1) is 0 Å². The van der Waals surface area contributed by atoms with Crippen LogP contribution in [0.3, 0.4) is 0 Å². The molecular formula is C13H19BrN2O2S. The minimum absolute atomic E-state index is 0.0106. The molecule has 19 heavy (non-hydrogen) atoms. The molecule has 1 fully saturated rings. The Morgan fingerprint density at radius 2 is 2.21 bits per heavy atom. The summed E-state index contributed by atoms with van der Waals surface area (Å²) in [6.07, 6.45) is 0.796. The van der Waals surface area contributed by atoms with Gasteiger partial charge in [0.2, 0.25) is 0 Å². The normalized spacial score (nSPS) is 22.5. The topological polar surface area (TPSA) is 63.4 Å². The first kappa shape index (κ1) is 14.8. The summed E-state index contributed by atoms with van der Waals surface area (Å²) >= 11 is 3.47. The van der Waals surface area contributed by atoms with E-state index in [4.69, 9.17) is 5.73 Å². The van der Waals surface area contributed by atoms with Gasteiger partial charge in [-0.1, -0.05) is 15.9 Å². The molecule has 0 aromatic heterocycles. The first-order chi connectivity index (χ1) is 8.93. The molecule has 2 N–H and O–H groups in total. The molecule has 0 amide bonds. The van der Waals surface area contributed by atoms with E-state index in [0.29, 0.717) is 13.1 Å². The minimum atomic E-state index is -2.88. The van der Waals surface area contributed by atoms with E-state index >= 15 is 0 Å². The molecule has 1 aromatic rings. The molecule has 1 atom stereocenters. The van der Waals surface area contributed by atoms with E-state index in [-0.39, 0.29) is 17.5 Å². The Balaban J connectivity index is 2.31. The molecule has 106 valence electrons. The summed E-state index contributed by atoms with van der Waals surface area (Å²) in [5.74, 6) is 0.459. The predicted molar refractivity (Wildman–Crippen MR) is 82.4 cm³/mol. The van der Waals surface area contributed by atoms with Crippen LogP contribution in [-0.2, 0) is 16.3 Å². The van der Waals surface area contributed by atoms with Crippen molar-refractivity contribution >= 4 is 31.5 Å². The van der Waals surface area contributed by atoms with Crippen LogP contribution in [0.5, 0.6) is 0 Å². The number of benzene rings is 1. The Labute approximate surface area is 123 Å². The van der Waals surface area contributed by atoms with Crippen molar-refractivity contribution in [2.75, 3.05) is 29.5 Å². The quantitative estimate of drug-likeness (QED) is 0.902. The van der Waals surface area contributed by atoms with Crippen LogP contribution in [-0.4, -0.2) is 39.1 Å². The van der Waals surface area contributed by atoms with Crippen LogP contribution in [0.2, 0.25) is 0 Å². The molecule has 1 aliphatic rings. The number of nitrogens with two attached hydrogens (primary N) is 1. The summed E-state index contributed by atoms with van der Waals surface area (Å²) in [6.45, 7) is 3.11. The van der Waals surface area contributed by atoms with Crippen molar-refractivity contribution in [2.45, 2.75) is 19.4 Å². The average Bonchev–Trinajstić information content (AvgIpc) is 2.30. The molecule has 0 saturated carbocycles. The summed E-state index contributed by atoms with van der Waals surface area (Å²) in [5.41, 5.74) is 7.93. The SMILES string of the molecule is CC1CS(=O)(=O)CCN1c1ccc(Br)cc1CCN. The first-order valence-corrected chi connectivity index (χ1v) is 9.00. The summed E-state index contributed by atoms with van der Waals surface area (Å²) in [5, 5.41) is 0. The van der Waals surface area contributed by atoms with Crippen LogP contribution in [0.1, 0.15) is 12.5 Å². The molecule has 0 radical (unpaired) electrons. The number of hydrogen-bond acceptors (Lipinski definition) is 4. The van der Waals surface area contributed by atoms with Crippen molar-refractivity contribution in [2.24, 2.45) is 5.73 Å². The van der Waals surface area contributed by atoms with E-state index < -0.39 is 9.84 Å². The maximum absolute atomic E-state index is 11.6. The van der Waals surface area contributed by atoms with Crippen molar-refractivity contribution < 1.29 is 8.42 Å². The van der Waals surface area contributed by atoms with Gasteiger partial charge >= 0.3 is 0 Å². The second-order valence-corrected chi connectivity index (χ2v) is 8.11. The molecule has 1 aliphatic heterocycles. The van der Waals surface area contributed by atoms with E-state index in [1.807, 2.05) is 19.1 Å². The van der Waals surface area contributed by atoms with Crippen molar-refractivity contribution in [1.29, 1.82) is 0 Å². The Kier molecular flexibility index (Phi) is 4.53. The lowest BCUT2D eigenvalue weighted by molar-refractivity contribution is 0.568. The van der Waals surface area contributed by atoms with Gasteiger partial charge in [-0.05, 0) is 43.7 Å². The van der Waals surface area contributed by atoms with Gasteiger partial charge < -0.3 is 10.6 Å². The fourth-order valence-corrected chi connectivity index (χ4v) is 4.51. The maximum Gasteiger partial charge on any atom is 0.154 e. The standard InChI is InChI=1S/C13H19BrN2O2S/c1-10-9-19(17,18)7-6-16(10)13-3-2-12(14)8-11(13)4-5-15/h2-3,8,10H,4-7,9,15H2,1H3. The lowest BCUT2D eigenvalue weighted by atomic mass is 10.1. The van der Waals surface area contributed by atoms with Crippen molar-refractivity contribution in [3.63, 3.8) is 0 Å². The minimum Gasteiger partial charge on any atom is -0.367 e. The molecule has 2 rings (SSSR count). The maximum atomic E-state index is 11.6. The molecule has 6 heteroatoms. The van der Waals surface area contributed by atoms with Crippen LogP contribution in [0.15, 0.2) is 22.7 Å². The highest BCUT2D eigenvalue weighted by Gasteiger charge is 2.29. The highest BCUT2D eigenvalue weighted by Crippen LogP contribution is 2.28.